The topological polar surface area (TPSA) is 22.4 Å². The Morgan fingerprint density at radius 3 is 1.78 bits per heavy atom. The first kappa shape index (κ1) is 31.9. The molecule has 0 N–H and O–H groups in total. The van der Waals surface area contributed by atoms with Crippen molar-refractivity contribution in [2.75, 3.05) is 7.11 Å². The van der Waals surface area contributed by atoms with Crippen LogP contribution in [0.2, 0.25) is 0 Å². The van der Waals surface area contributed by atoms with Gasteiger partial charge in [-0.2, -0.15) is 0 Å². The molecule has 0 amide bonds. The van der Waals surface area contributed by atoms with Crippen LogP contribution in [0.1, 0.15) is 43.2 Å². The van der Waals surface area contributed by atoms with Crippen LogP contribution in [0.5, 0.6) is 5.75 Å². The number of fused-ring (bicyclic) bond motifs is 14. The second-order valence-corrected chi connectivity index (χ2v) is 18.4. The Bertz CT molecular complexity index is 3180. The lowest BCUT2D eigenvalue weighted by Crippen LogP contribution is -2.50. The number of ether oxygens (including phenoxy) is 1. The molecule has 0 saturated heterocycles. The highest BCUT2D eigenvalue weighted by molar-refractivity contribution is 6.22. The van der Waals surface area contributed by atoms with Gasteiger partial charge in [-0.15, -0.1) is 0 Å². The summed E-state index contributed by atoms with van der Waals surface area (Å²) in [7, 11) is 1.72. The van der Waals surface area contributed by atoms with E-state index in [0.29, 0.717) is 5.41 Å². The maximum Gasteiger partial charge on any atom is 0.135 e. The maximum atomic E-state index is 6.58. The third-order valence-electron chi connectivity index (χ3n) is 16.3. The molecule has 8 aromatic carbocycles. The minimum atomic E-state index is 0.170. The second kappa shape index (κ2) is 11.1. The standard InChI is InChI=1S/C56H42O2/c1-57-39-19-14-33(15-20-39)53-42-9-2-4-11-44(42)54(45-12-5-3-10-43(45)53)36-18-23-51-47(27-36)46-26-34(17-22-50(46)58-51)35-16-21-41-40-8-6-7-13-48(40)56(49(41)28-35)38-25-32-24-37-29-52(56)55(37,30-32)31-38/h2-23,26-28,32,37-38,52H,24-25,29-31H2,1H3. The summed E-state index contributed by atoms with van der Waals surface area (Å²) in [5.41, 5.74) is 16.4. The van der Waals surface area contributed by atoms with Crippen LogP contribution in [0, 0.1) is 29.1 Å². The number of furan rings is 1. The van der Waals surface area contributed by atoms with E-state index in [1.165, 1.54) is 104 Å². The Morgan fingerprint density at radius 1 is 0.483 bits per heavy atom. The molecule has 6 atom stereocenters. The summed E-state index contributed by atoms with van der Waals surface area (Å²) in [6.45, 7) is 0. The van der Waals surface area contributed by atoms with Crippen molar-refractivity contribution in [1.29, 1.82) is 0 Å². The lowest BCUT2D eigenvalue weighted by atomic mass is 9.49. The third-order valence-corrected chi connectivity index (χ3v) is 16.3. The van der Waals surface area contributed by atoms with Gasteiger partial charge >= 0.3 is 0 Å². The largest absolute Gasteiger partial charge is 0.497 e. The minimum absolute atomic E-state index is 0.170. The monoisotopic (exact) mass is 746 g/mol. The van der Waals surface area contributed by atoms with E-state index in [1.807, 2.05) is 0 Å². The first-order chi connectivity index (χ1) is 28.6. The zero-order valence-corrected chi connectivity index (χ0v) is 32.6. The molecule has 1 heterocycles. The van der Waals surface area contributed by atoms with Gasteiger partial charge in [-0.05, 0) is 181 Å². The zero-order chi connectivity index (χ0) is 37.9. The summed E-state index contributed by atoms with van der Waals surface area (Å²) in [4.78, 5) is 0. The molecule has 4 saturated carbocycles. The molecule has 3 bridgehead atoms. The fraction of sp³-hybridized carbons (Fsp3) is 0.214. The normalized spacial score (nSPS) is 25.8. The van der Waals surface area contributed by atoms with Gasteiger partial charge in [0.25, 0.3) is 0 Å². The maximum absolute atomic E-state index is 6.58. The number of hydrogen-bond donors (Lipinski definition) is 0. The molecule has 58 heavy (non-hydrogen) atoms. The molecular weight excluding hydrogens is 705 g/mol. The van der Waals surface area contributed by atoms with E-state index < -0.39 is 0 Å². The highest BCUT2D eigenvalue weighted by Gasteiger charge is 2.76. The van der Waals surface area contributed by atoms with Gasteiger partial charge in [0.2, 0.25) is 0 Å². The van der Waals surface area contributed by atoms with Crippen molar-refractivity contribution in [1.82, 2.24) is 0 Å². The summed E-state index contributed by atoms with van der Waals surface area (Å²) < 4.78 is 12.1. The van der Waals surface area contributed by atoms with Crippen LogP contribution >= 0.6 is 0 Å². The van der Waals surface area contributed by atoms with Crippen LogP contribution in [0.15, 0.2) is 156 Å². The fourth-order valence-electron chi connectivity index (χ4n) is 14.3. The van der Waals surface area contributed by atoms with Crippen LogP contribution in [-0.2, 0) is 5.41 Å². The van der Waals surface area contributed by atoms with Crippen molar-refractivity contribution in [3.63, 3.8) is 0 Å². The Kier molecular flexibility index (Phi) is 6.10. The fourth-order valence-corrected chi connectivity index (χ4v) is 14.3. The van der Waals surface area contributed by atoms with Gasteiger partial charge in [-0.25, -0.2) is 0 Å². The van der Waals surface area contributed by atoms with Crippen LogP contribution in [-0.4, -0.2) is 7.11 Å². The molecule has 0 radical (unpaired) electrons. The molecule has 278 valence electrons. The summed E-state index contributed by atoms with van der Waals surface area (Å²) in [6, 6.07) is 56.9. The van der Waals surface area contributed by atoms with Crippen LogP contribution in [0.25, 0.3) is 88.0 Å². The van der Waals surface area contributed by atoms with E-state index in [0.717, 1.165) is 46.0 Å². The Hall–Kier alpha value is -6.12. The van der Waals surface area contributed by atoms with Gasteiger partial charge in [-0.1, -0.05) is 109 Å². The molecule has 9 aromatic rings. The molecule has 2 nitrogen and oxygen atoms in total. The summed E-state index contributed by atoms with van der Waals surface area (Å²) in [6.07, 6.45) is 7.27. The molecule has 6 unspecified atom stereocenters. The Morgan fingerprint density at radius 2 is 1.05 bits per heavy atom. The highest BCUT2D eigenvalue weighted by atomic mass is 16.5. The Labute approximate surface area is 338 Å². The lowest BCUT2D eigenvalue weighted by molar-refractivity contribution is -0.0193. The van der Waals surface area contributed by atoms with Crippen molar-refractivity contribution in [3.8, 4) is 50.3 Å². The smallest absolute Gasteiger partial charge is 0.135 e. The minimum Gasteiger partial charge on any atom is -0.497 e. The van der Waals surface area contributed by atoms with E-state index in [2.05, 4.69) is 152 Å². The number of rotatable bonds is 4. The van der Waals surface area contributed by atoms with E-state index in [4.69, 9.17) is 9.15 Å². The van der Waals surface area contributed by atoms with Gasteiger partial charge in [0.05, 0.1) is 7.11 Å². The van der Waals surface area contributed by atoms with E-state index >= 15 is 0 Å². The summed E-state index contributed by atoms with van der Waals surface area (Å²) in [5.74, 6) is 4.32. The zero-order valence-electron chi connectivity index (χ0n) is 32.6. The molecule has 5 aliphatic carbocycles. The molecule has 4 fully saturated rings. The van der Waals surface area contributed by atoms with Gasteiger partial charge in [0.1, 0.15) is 16.9 Å². The van der Waals surface area contributed by atoms with Crippen molar-refractivity contribution < 1.29 is 9.15 Å². The summed E-state index contributed by atoms with van der Waals surface area (Å²) >= 11 is 0. The van der Waals surface area contributed by atoms with Crippen LogP contribution < -0.4 is 4.74 Å². The van der Waals surface area contributed by atoms with Gasteiger partial charge in [0.15, 0.2) is 0 Å². The van der Waals surface area contributed by atoms with E-state index in [1.54, 1.807) is 18.2 Å². The first-order valence-electron chi connectivity index (χ1n) is 21.4. The molecule has 2 spiro atoms. The SMILES string of the molecule is COc1ccc(-c2c3ccccc3c(-c3ccc4oc5ccc(-c6ccc7c(c6)C6(c8ccccc8-7)C7CC8CC9CC6C9(C8)C7)cc5c4c3)c3ccccc23)cc1. The molecule has 1 aromatic heterocycles. The van der Waals surface area contributed by atoms with Crippen molar-refractivity contribution in [2.45, 2.75) is 37.5 Å². The first-order valence-corrected chi connectivity index (χ1v) is 21.4. The molecule has 0 aliphatic heterocycles. The average molecular weight is 747 g/mol. The predicted octanol–water partition coefficient (Wildman–Crippen LogP) is 14.6. The van der Waals surface area contributed by atoms with Crippen LogP contribution in [0.4, 0.5) is 0 Å². The molecule has 14 rings (SSSR count). The molecule has 2 heteroatoms. The van der Waals surface area contributed by atoms with Crippen molar-refractivity contribution in [2.24, 2.45) is 29.1 Å². The molecular formula is C56H42O2. The highest BCUT2D eigenvalue weighted by Crippen LogP contribution is 2.83. The number of hydrogen-bond acceptors (Lipinski definition) is 2. The lowest BCUT2D eigenvalue weighted by Gasteiger charge is -2.54. The quantitative estimate of drug-likeness (QED) is 0.167. The Balaban J connectivity index is 0.934. The van der Waals surface area contributed by atoms with Gasteiger partial charge in [0, 0.05) is 16.2 Å². The van der Waals surface area contributed by atoms with Crippen molar-refractivity contribution in [3.05, 3.63) is 163 Å². The van der Waals surface area contributed by atoms with E-state index in [9.17, 15) is 0 Å². The van der Waals surface area contributed by atoms with Gasteiger partial charge < -0.3 is 9.15 Å². The third kappa shape index (κ3) is 3.85. The van der Waals surface area contributed by atoms with Crippen LogP contribution in [0.3, 0.4) is 0 Å². The predicted molar refractivity (Wildman–Crippen MR) is 237 cm³/mol. The number of benzene rings is 8. The van der Waals surface area contributed by atoms with Crippen molar-refractivity contribution >= 4 is 43.5 Å². The molecule has 5 aliphatic rings. The van der Waals surface area contributed by atoms with Gasteiger partial charge in [-0.3, -0.25) is 0 Å². The number of methoxy groups -OCH3 is 1. The van der Waals surface area contributed by atoms with E-state index in [-0.39, 0.29) is 5.41 Å². The summed E-state index contributed by atoms with van der Waals surface area (Å²) in [5, 5.41) is 7.31. The second-order valence-electron chi connectivity index (χ2n) is 18.4. The average Bonchev–Trinajstić information content (AvgIpc) is 3.89.